The van der Waals surface area contributed by atoms with Crippen molar-refractivity contribution in [1.82, 2.24) is 0 Å². The molecule has 0 aromatic heterocycles. The lowest BCUT2D eigenvalue weighted by atomic mass is 9.94. The Hall–Kier alpha value is -1.96. The fourth-order valence-corrected chi connectivity index (χ4v) is 2.44. The highest BCUT2D eigenvalue weighted by Gasteiger charge is 2.35. The number of aliphatic carboxylic acids is 1. The van der Waals surface area contributed by atoms with Crippen LogP contribution in [0.5, 0.6) is 0 Å². The first-order chi connectivity index (χ1) is 11.6. The van der Waals surface area contributed by atoms with E-state index >= 15 is 0 Å². The van der Waals surface area contributed by atoms with Crippen molar-refractivity contribution >= 4 is 29.2 Å². The molecule has 0 bridgehead atoms. The molecule has 140 valence electrons. The van der Waals surface area contributed by atoms with Crippen molar-refractivity contribution < 1.29 is 32.6 Å². The molecule has 0 aliphatic heterocycles. The highest BCUT2D eigenvalue weighted by molar-refractivity contribution is 6.33. The SMILES string of the molecule is CCCCOC(=O)C(CC(=O)O)Cc1cc(Cl)c(N)c(C(F)(F)F)c1. The minimum absolute atomic E-state index is 0.0604. The molecule has 1 rings (SSSR count). The van der Waals surface area contributed by atoms with Crippen molar-refractivity contribution in [2.45, 2.75) is 38.8 Å². The number of nitrogens with two attached hydrogens (primary N) is 1. The van der Waals surface area contributed by atoms with Crippen LogP contribution in [-0.4, -0.2) is 23.7 Å². The first-order valence-electron chi connectivity index (χ1n) is 7.59. The number of carbonyl (C=O) groups excluding carboxylic acids is 1. The number of carboxylic acid groups (broad SMARTS) is 1. The highest BCUT2D eigenvalue weighted by Crippen LogP contribution is 2.38. The van der Waals surface area contributed by atoms with Crippen LogP contribution in [-0.2, 0) is 26.9 Å². The minimum atomic E-state index is -4.71. The van der Waals surface area contributed by atoms with Crippen molar-refractivity contribution in [1.29, 1.82) is 0 Å². The molecule has 1 aromatic carbocycles. The third kappa shape index (κ3) is 6.45. The van der Waals surface area contributed by atoms with E-state index in [1.165, 1.54) is 6.07 Å². The van der Waals surface area contributed by atoms with Crippen LogP contribution in [0.15, 0.2) is 12.1 Å². The molecule has 1 atom stereocenters. The van der Waals surface area contributed by atoms with Gasteiger partial charge in [-0.1, -0.05) is 24.9 Å². The maximum atomic E-state index is 13.0. The van der Waals surface area contributed by atoms with Crippen LogP contribution in [0.4, 0.5) is 18.9 Å². The summed E-state index contributed by atoms with van der Waals surface area (Å²) < 4.78 is 44.0. The fourth-order valence-electron chi connectivity index (χ4n) is 2.20. The Kier molecular flexibility index (Phi) is 7.54. The molecule has 0 radical (unpaired) electrons. The molecule has 0 fully saturated rings. The van der Waals surface area contributed by atoms with Gasteiger partial charge in [0.05, 0.1) is 35.2 Å². The average Bonchev–Trinajstić information content (AvgIpc) is 2.48. The van der Waals surface area contributed by atoms with Gasteiger partial charge in [0.2, 0.25) is 0 Å². The molecule has 0 heterocycles. The smallest absolute Gasteiger partial charge is 0.418 e. The summed E-state index contributed by atoms with van der Waals surface area (Å²) in [4.78, 5) is 23.0. The number of benzene rings is 1. The summed E-state index contributed by atoms with van der Waals surface area (Å²) >= 11 is 5.74. The van der Waals surface area contributed by atoms with E-state index in [0.29, 0.717) is 6.42 Å². The fraction of sp³-hybridized carbons (Fsp3) is 0.500. The molecule has 3 N–H and O–H groups in total. The van der Waals surface area contributed by atoms with Gasteiger partial charge >= 0.3 is 18.1 Å². The molecule has 0 aliphatic carbocycles. The van der Waals surface area contributed by atoms with Gasteiger partial charge in [0.15, 0.2) is 0 Å². The van der Waals surface area contributed by atoms with Crippen LogP contribution in [0.1, 0.15) is 37.3 Å². The molecule has 0 amide bonds. The second-order valence-corrected chi connectivity index (χ2v) is 5.96. The average molecular weight is 382 g/mol. The van der Waals surface area contributed by atoms with Gasteiger partial charge < -0.3 is 15.6 Å². The largest absolute Gasteiger partial charge is 0.481 e. The Bertz CT molecular complexity index is 635. The molecular formula is C16H19ClF3NO4. The maximum Gasteiger partial charge on any atom is 0.418 e. The number of ether oxygens (including phenoxy) is 1. The Morgan fingerprint density at radius 1 is 1.36 bits per heavy atom. The number of hydrogen-bond acceptors (Lipinski definition) is 4. The Morgan fingerprint density at radius 3 is 2.52 bits per heavy atom. The molecule has 5 nitrogen and oxygen atoms in total. The number of unbranched alkanes of at least 4 members (excludes halogenated alkanes) is 1. The first-order valence-corrected chi connectivity index (χ1v) is 7.97. The lowest BCUT2D eigenvalue weighted by Crippen LogP contribution is -2.24. The van der Waals surface area contributed by atoms with Crippen LogP contribution in [0.3, 0.4) is 0 Å². The van der Waals surface area contributed by atoms with Crippen LogP contribution >= 0.6 is 11.6 Å². The maximum absolute atomic E-state index is 13.0. The molecular weight excluding hydrogens is 363 g/mol. The van der Waals surface area contributed by atoms with Crippen molar-refractivity contribution in [2.75, 3.05) is 12.3 Å². The van der Waals surface area contributed by atoms with Crippen molar-refractivity contribution in [3.63, 3.8) is 0 Å². The lowest BCUT2D eigenvalue weighted by Gasteiger charge is -2.17. The van der Waals surface area contributed by atoms with Gasteiger partial charge in [-0.25, -0.2) is 0 Å². The summed E-state index contributed by atoms with van der Waals surface area (Å²) in [6, 6.07) is 1.97. The summed E-state index contributed by atoms with van der Waals surface area (Å²) in [7, 11) is 0. The summed E-state index contributed by atoms with van der Waals surface area (Å²) in [5, 5.41) is 8.62. The van der Waals surface area contributed by atoms with E-state index in [1.54, 1.807) is 0 Å². The monoisotopic (exact) mass is 381 g/mol. The molecule has 0 saturated heterocycles. The number of hydrogen-bond donors (Lipinski definition) is 2. The number of esters is 1. The summed E-state index contributed by atoms with van der Waals surface area (Å²) in [5.74, 6) is -3.14. The van der Waals surface area contributed by atoms with Gasteiger partial charge in [0.1, 0.15) is 0 Å². The molecule has 0 aliphatic rings. The molecule has 0 saturated carbocycles. The normalized spacial score (nSPS) is 12.7. The summed E-state index contributed by atoms with van der Waals surface area (Å²) in [5.41, 5.74) is 3.68. The van der Waals surface area contributed by atoms with Gasteiger partial charge in [-0.05, 0) is 30.5 Å². The summed E-state index contributed by atoms with van der Waals surface area (Å²) in [6.07, 6.45) is -4.14. The topological polar surface area (TPSA) is 89.6 Å². The number of carboxylic acids is 1. The number of rotatable bonds is 8. The molecule has 25 heavy (non-hydrogen) atoms. The van der Waals surface area contributed by atoms with Gasteiger partial charge in [-0.2, -0.15) is 13.2 Å². The number of anilines is 1. The van der Waals surface area contributed by atoms with Crippen LogP contribution in [0.25, 0.3) is 0 Å². The second-order valence-electron chi connectivity index (χ2n) is 5.56. The minimum Gasteiger partial charge on any atom is -0.481 e. The lowest BCUT2D eigenvalue weighted by molar-refractivity contribution is -0.153. The van der Waals surface area contributed by atoms with E-state index in [-0.39, 0.29) is 23.6 Å². The standard InChI is InChI=1S/C16H19ClF3NO4/c1-2-3-4-25-15(24)10(8-13(22)23)5-9-6-11(16(18,19)20)14(21)12(17)7-9/h6-7,10H,2-5,8,21H2,1H3,(H,22,23). The van der Waals surface area contributed by atoms with Crippen molar-refractivity contribution in [2.24, 2.45) is 5.92 Å². The zero-order valence-corrected chi connectivity index (χ0v) is 14.3. The van der Waals surface area contributed by atoms with E-state index in [1.807, 2.05) is 6.92 Å². The quantitative estimate of drug-likeness (QED) is 0.404. The highest BCUT2D eigenvalue weighted by atomic mass is 35.5. The molecule has 1 unspecified atom stereocenters. The van der Waals surface area contributed by atoms with Crippen LogP contribution in [0.2, 0.25) is 5.02 Å². The van der Waals surface area contributed by atoms with E-state index in [2.05, 4.69) is 0 Å². The first kappa shape index (κ1) is 21.1. The third-order valence-corrected chi connectivity index (χ3v) is 3.79. The summed E-state index contributed by atoms with van der Waals surface area (Å²) in [6.45, 7) is 2.01. The third-order valence-electron chi connectivity index (χ3n) is 3.47. The van der Waals surface area contributed by atoms with E-state index in [0.717, 1.165) is 12.5 Å². The second kappa shape index (κ2) is 8.94. The van der Waals surface area contributed by atoms with E-state index < -0.39 is 41.7 Å². The number of nitrogen functional groups attached to an aromatic ring is 1. The van der Waals surface area contributed by atoms with Gasteiger partial charge in [0, 0.05) is 0 Å². The Balaban J connectivity index is 3.05. The molecule has 1 aromatic rings. The van der Waals surface area contributed by atoms with Crippen molar-refractivity contribution in [3.8, 4) is 0 Å². The number of alkyl halides is 3. The van der Waals surface area contributed by atoms with E-state index in [9.17, 15) is 22.8 Å². The van der Waals surface area contributed by atoms with Crippen LogP contribution < -0.4 is 5.73 Å². The predicted molar refractivity (Wildman–Crippen MR) is 86.2 cm³/mol. The van der Waals surface area contributed by atoms with E-state index in [4.69, 9.17) is 27.2 Å². The van der Waals surface area contributed by atoms with Gasteiger partial charge in [0.25, 0.3) is 0 Å². The number of halogens is 4. The van der Waals surface area contributed by atoms with Crippen LogP contribution in [0, 0.1) is 5.92 Å². The van der Waals surface area contributed by atoms with Gasteiger partial charge in [-0.3, -0.25) is 9.59 Å². The Morgan fingerprint density at radius 2 is 2.00 bits per heavy atom. The zero-order chi connectivity index (χ0) is 19.2. The number of carbonyl (C=O) groups is 2. The molecule has 9 heteroatoms. The van der Waals surface area contributed by atoms with Crippen molar-refractivity contribution in [3.05, 3.63) is 28.3 Å². The Labute approximate surface area is 147 Å². The predicted octanol–water partition coefficient (Wildman–Crippen LogP) is 3.92. The zero-order valence-electron chi connectivity index (χ0n) is 13.5. The van der Waals surface area contributed by atoms with Gasteiger partial charge in [-0.15, -0.1) is 0 Å². The molecule has 0 spiro atoms.